The summed E-state index contributed by atoms with van der Waals surface area (Å²) in [4.78, 5) is 37.1. The molecule has 0 spiro atoms. The Kier molecular flexibility index (Phi) is 9.02. The van der Waals surface area contributed by atoms with Crippen molar-refractivity contribution in [1.29, 1.82) is 0 Å². The highest BCUT2D eigenvalue weighted by molar-refractivity contribution is 7.23. The second-order valence-electron chi connectivity index (χ2n) is 11.3. The zero-order valence-corrected chi connectivity index (χ0v) is 25.3. The predicted octanol–water partition coefficient (Wildman–Crippen LogP) is 5.62. The molecule has 1 aromatic carbocycles. The lowest BCUT2D eigenvalue weighted by molar-refractivity contribution is -0.246. The van der Waals surface area contributed by atoms with Gasteiger partial charge in [-0.1, -0.05) is 23.5 Å². The minimum atomic E-state index is -4.64. The maximum Gasteiger partial charge on any atom is 0.427 e. The number of pyridine rings is 1. The number of piperidine rings is 1. The summed E-state index contributed by atoms with van der Waals surface area (Å²) >= 11 is 1.46. The van der Waals surface area contributed by atoms with Crippen molar-refractivity contribution in [3.63, 3.8) is 0 Å². The number of hydrogen-bond donors (Lipinski definition) is 1. The van der Waals surface area contributed by atoms with Crippen molar-refractivity contribution in [3.05, 3.63) is 53.7 Å². The van der Waals surface area contributed by atoms with E-state index in [9.17, 15) is 22.8 Å². The normalized spacial score (nSPS) is 17.3. The number of carbonyl (C=O) groups is 2. The molecule has 232 valence electrons. The van der Waals surface area contributed by atoms with Gasteiger partial charge in [-0.15, -0.1) is 0 Å². The Morgan fingerprint density at radius 1 is 1.00 bits per heavy atom. The maximum atomic E-state index is 13.9. The van der Waals surface area contributed by atoms with Crippen molar-refractivity contribution in [2.24, 2.45) is 0 Å². The molecule has 0 bridgehead atoms. The lowest BCUT2D eigenvalue weighted by Crippen LogP contribution is -2.55. The summed E-state index contributed by atoms with van der Waals surface area (Å²) in [5.74, 6) is 0.740. The molecule has 1 N–H and O–H groups in total. The zero-order valence-electron chi connectivity index (χ0n) is 24.4. The zero-order chi connectivity index (χ0) is 30.8. The van der Waals surface area contributed by atoms with Gasteiger partial charge in [0.15, 0.2) is 0 Å². The summed E-state index contributed by atoms with van der Waals surface area (Å²) in [5.41, 5.74) is -0.858. The SMILES string of the molecule is COc1ccc(CNc2sc3ncccc3c2C(=O)N2CCN(C3CCN(C(=O)OC(C)(C)C(F)(F)F)CC3)CC2)cc1. The van der Waals surface area contributed by atoms with Crippen molar-refractivity contribution in [2.75, 3.05) is 51.7 Å². The van der Waals surface area contributed by atoms with Crippen LogP contribution in [0, 0.1) is 0 Å². The number of thiophene rings is 1. The molecule has 13 heteroatoms. The number of anilines is 1. The third kappa shape index (κ3) is 6.82. The first-order valence-electron chi connectivity index (χ1n) is 14.3. The summed E-state index contributed by atoms with van der Waals surface area (Å²) in [6.45, 7) is 5.37. The molecule has 4 heterocycles. The van der Waals surface area contributed by atoms with Gasteiger partial charge in [-0.05, 0) is 56.5 Å². The molecule has 0 aliphatic carbocycles. The topological polar surface area (TPSA) is 87.2 Å². The molecular weight excluding hydrogens is 583 g/mol. The number of likely N-dealkylation sites (tertiary alicyclic amines) is 1. The Morgan fingerprint density at radius 2 is 1.67 bits per heavy atom. The number of hydrogen-bond acceptors (Lipinski definition) is 8. The first-order valence-corrected chi connectivity index (χ1v) is 15.1. The smallest absolute Gasteiger partial charge is 0.427 e. The Bertz CT molecular complexity index is 1430. The Labute approximate surface area is 252 Å². The van der Waals surface area contributed by atoms with Crippen LogP contribution in [0.15, 0.2) is 42.6 Å². The molecule has 2 saturated heterocycles. The number of methoxy groups -OCH3 is 1. The van der Waals surface area contributed by atoms with Crippen LogP contribution < -0.4 is 10.1 Å². The lowest BCUT2D eigenvalue weighted by atomic mass is 10.0. The standard InChI is InChI=1S/C30H36F3N5O4S/c1-29(2,30(31,32)33)42-28(40)38-13-10-21(11-14-38)36-15-17-37(18-16-36)27(39)24-23-5-4-12-34-25(23)43-26(24)35-19-20-6-8-22(41-3)9-7-20/h4-9,12,21,35H,10-11,13-19H2,1-3H3. The van der Waals surface area contributed by atoms with Crippen molar-refractivity contribution in [2.45, 2.75) is 51.1 Å². The van der Waals surface area contributed by atoms with Crippen LogP contribution in [0.25, 0.3) is 10.2 Å². The number of rotatable bonds is 7. The molecule has 5 rings (SSSR count). The van der Waals surface area contributed by atoms with Crippen LogP contribution in [0.1, 0.15) is 42.6 Å². The molecule has 2 fully saturated rings. The first-order chi connectivity index (χ1) is 20.5. The monoisotopic (exact) mass is 619 g/mol. The summed E-state index contributed by atoms with van der Waals surface area (Å²) in [6.07, 6.45) is -2.59. The van der Waals surface area contributed by atoms with E-state index in [4.69, 9.17) is 9.47 Å². The van der Waals surface area contributed by atoms with Crippen molar-refractivity contribution in [1.82, 2.24) is 19.7 Å². The number of aromatic nitrogens is 1. The lowest BCUT2D eigenvalue weighted by Gasteiger charge is -2.43. The van der Waals surface area contributed by atoms with Gasteiger partial charge in [0.2, 0.25) is 5.60 Å². The van der Waals surface area contributed by atoms with Gasteiger partial charge in [0.1, 0.15) is 15.6 Å². The van der Waals surface area contributed by atoms with Crippen LogP contribution in [-0.4, -0.2) is 95.9 Å². The molecule has 2 aliphatic heterocycles. The fourth-order valence-corrected chi connectivity index (χ4v) is 6.43. The minimum absolute atomic E-state index is 0.0408. The van der Waals surface area contributed by atoms with Gasteiger partial charge in [0, 0.05) is 63.4 Å². The largest absolute Gasteiger partial charge is 0.497 e. The Hall–Kier alpha value is -3.58. The van der Waals surface area contributed by atoms with Gasteiger partial charge < -0.3 is 24.6 Å². The van der Waals surface area contributed by atoms with Gasteiger partial charge in [0.25, 0.3) is 5.91 Å². The average molecular weight is 620 g/mol. The minimum Gasteiger partial charge on any atom is -0.497 e. The number of ether oxygens (including phenoxy) is 2. The van der Waals surface area contributed by atoms with Crippen LogP contribution in [0.4, 0.5) is 23.0 Å². The molecule has 0 atom stereocenters. The summed E-state index contributed by atoms with van der Waals surface area (Å²) in [5, 5.41) is 5.05. The molecule has 3 aromatic rings. The third-order valence-corrected chi connectivity index (χ3v) is 9.23. The molecule has 0 unspecified atom stereocenters. The van der Waals surface area contributed by atoms with Crippen molar-refractivity contribution in [3.8, 4) is 5.75 Å². The van der Waals surface area contributed by atoms with E-state index >= 15 is 0 Å². The average Bonchev–Trinajstić information content (AvgIpc) is 3.37. The van der Waals surface area contributed by atoms with Gasteiger partial charge in [0.05, 0.1) is 12.7 Å². The number of benzene rings is 1. The Morgan fingerprint density at radius 3 is 2.30 bits per heavy atom. The molecule has 2 aliphatic rings. The Balaban J connectivity index is 1.18. The molecule has 0 saturated carbocycles. The molecule has 9 nitrogen and oxygen atoms in total. The van der Waals surface area contributed by atoms with Gasteiger partial charge in [-0.2, -0.15) is 13.2 Å². The van der Waals surface area contributed by atoms with E-state index in [2.05, 4.69) is 15.2 Å². The summed E-state index contributed by atoms with van der Waals surface area (Å²) in [6, 6.07) is 11.7. The molecule has 0 radical (unpaired) electrons. The molecular formula is C30H36F3N5O4S. The summed E-state index contributed by atoms with van der Waals surface area (Å²) in [7, 11) is 1.63. The number of fused-ring (bicyclic) bond motifs is 1. The van der Waals surface area contributed by atoms with E-state index in [1.54, 1.807) is 13.3 Å². The van der Waals surface area contributed by atoms with Crippen molar-refractivity contribution < 1.29 is 32.2 Å². The number of carbonyl (C=O) groups excluding carboxylic acids is 2. The van der Waals surface area contributed by atoms with Crippen LogP contribution in [-0.2, 0) is 11.3 Å². The second-order valence-corrected chi connectivity index (χ2v) is 12.3. The van der Waals surface area contributed by atoms with Gasteiger partial charge in [-0.25, -0.2) is 9.78 Å². The molecule has 2 amide bonds. The van der Waals surface area contributed by atoms with Crippen LogP contribution >= 0.6 is 11.3 Å². The number of nitrogens with zero attached hydrogens (tertiary/aromatic N) is 4. The van der Waals surface area contributed by atoms with Crippen LogP contribution in [0.5, 0.6) is 5.75 Å². The molecule has 2 aromatic heterocycles. The highest BCUT2D eigenvalue weighted by Gasteiger charge is 2.51. The van der Waals surface area contributed by atoms with Crippen molar-refractivity contribution >= 4 is 38.6 Å². The van der Waals surface area contributed by atoms with E-state index in [1.807, 2.05) is 41.3 Å². The predicted molar refractivity (Wildman–Crippen MR) is 159 cm³/mol. The maximum absolute atomic E-state index is 13.9. The number of amides is 2. The molecule has 43 heavy (non-hydrogen) atoms. The fourth-order valence-electron chi connectivity index (χ4n) is 5.40. The van der Waals surface area contributed by atoms with Gasteiger partial charge >= 0.3 is 12.3 Å². The third-order valence-electron chi connectivity index (χ3n) is 8.16. The first kappa shape index (κ1) is 30.9. The van der Waals surface area contributed by atoms with Crippen LogP contribution in [0.3, 0.4) is 0 Å². The number of halogens is 3. The number of alkyl halides is 3. The number of nitrogens with one attached hydrogen (secondary N) is 1. The van der Waals surface area contributed by atoms with E-state index in [0.717, 1.165) is 40.4 Å². The highest BCUT2D eigenvalue weighted by atomic mass is 32.1. The number of piperazine rings is 1. The highest BCUT2D eigenvalue weighted by Crippen LogP contribution is 2.36. The van der Waals surface area contributed by atoms with E-state index < -0.39 is 17.9 Å². The van der Waals surface area contributed by atoms with Crippen LogP contribution in [0.2, 0.25) is 0 Å². The fraction of sp³-hybridized carbons (Fsp3) is 0.500. The quantitative estimate of drug-likeness (QED) is 0.368. The van der Waals surface area contributed by atoms with Gasteiger partial charge in [-0.3, -0.25) is 9.69 Å². The second kappa shape index (κ2) is 12.6. The van der Waals surface area contributed by atoms with E-state index in [1.165, 1.54) is 16.2 Å². The van der Waals surface area contributed by atoms with E-state index in [0.29, 0.717) is 64.2 Å². The summed E-state index contributed by atoms with van der Waals surface area (Å²) < 4.78 is 49.4. The van der Waals surface area contributed by atoms with E-state index in [-0.39, 0.29) is 11.9 Å².